The van der Waals surface area contributed by atoms with Crippen LogP contribution >= 0.6 is 0 Å². The average Bonchev–Trinajstić information content (AvgIpc) is 2.26. The molecule has 7 nitrogen and oxygen atoms in total. The highest BCUT2D eigenvalue weighted by molar-refractivity contribution is 7.87. The number of aliphatic hydroxyl groups excluding tert-OH is 1. The van der Waals surface area contributed by atoms with Crippen LogP contribution in [-0.4, -0.2) is 47.7 Å². The Balaban J connectivity index is 2.96. The van der Waals surface area contributed by atoms with Crippen molar-refractivity contribution in [2.75, 3.05) is 0 Å². The van der Waals surface area contributed by atoms with E-state index < -0.39 is 36.8 Å². The first kappa shape index (κ1) is 11.9. The summed E-state index contributed by atoms with van der Waals surface area (Å²) >= 11 is 0. The molecule has 0 aromatic heterocycles. The van der Waals surface area contributed by atoms with Crippen LogP contribution < -0.4 is 0 Å². The Morgan fingerprint density at radius 2 is 1.14 bits per heavy atom. The minimum Gasteiger partial charge on any atom is -0.390 e. The smallest absolute Gasteiger partial charge is 0.270 e. The molecule has 1 aliphatic rings. The van der Waals surface area contributed by atoms with Crippen LogP contribution in [0.5, 0.6) is 0 Å². The van der Waals surface area contributed by atoms with Gasteiger partial charge in [-0.3, -0.25) is 9.11 Å². The molecule has 9 heteroatoms. The molecule has 2 unspecified atom stereocenters. The molecule has 14 heavy (non-hydrogen) atoms. The molecule has 0 heterocycles. The van der Waals surface area contributed by atoms with Gasteiger partial charge in [0.25, 0.3) is 20.2 Å². The first-order valence-electron chi connectivity index (χ1n) is 3.74. The SMILES string of the molecule is O=S(=O)(O)C1CCC(S(=O)(=O)O)C1O. The lowest BCUT2D eigenvalue weighted by atomic mass is 10.3. The van der Waals surface area contributed by atoms with Crippen molar-refractivity contribution in [2.24, 2.45) is 0 Å². The standard InChI is InChI=1S/C5H10O7S2/c6-5-3(13(7,8)9)1-2-4(5)14(10,11)12/h3-6H,1-2H2,(H,7,8,9)(H,10,11,12). The molecule has 0 saturated heterocycles. The molecular formula is C5H10O7S2. The molecule has 0 spiro atoms. The zero-order chi connectivity index (χ0) is 11.1. The van der Waals surface area contributed by atoms with E-state index in [0.717, 1.165) is 0 Å². The molecule has 1 fully saturated rings. The second-order valence-electron chi connectivity index (χ2n) is 3.17. The Morgan fingerprint density at radius 1 is 0.857 bits per heavy atom. The van der Waals surface area contributed by atoms with Crippen molar-refractivity contribution in [3.8, 4) is 0 Å². The largest absolute Gasteiger partial charge is 0.390 e. The second kappa shape index (κ2) is 3.42. The fourth-order valence-electron chi connectivity index (χ4n) is 1.56. The van der Waals surface area contributed by atoms with E-state index >= 15 is 0 Å². The highest BCUT2D eigenvalue weighted by atomic mass is 32.2. The molecule has 3 N–H and O–H groups in total. The summed E-state index contributed by atoms with van der Waals surface area (Å²) in [6.07, 6.45) is -2.16. The summed E-state index contributed by atoms with van der Waals surface area (Å²) in [5, 5.41) is 6.18. The van der Waals surface area contributed by atoms with Crippen LogP contribution in [0.2, 0.25) is 0 Å². The monoisotopic (exact) mass is 246 g/mol. The normalized spacial score (nSPS) is 34.6. The van der Waals surface area contributed by atoms with Crippen molar-refractivity contribution in [1.29, 1.82) is 0 Å². The van der Waals surface area contributed by atoms with Gasteiger partial charge < -0.3 is 5.11 Å². The van der Waals surface area contributed by atoms with E-state index in [2.05, 4.69) is 0 Å². The van der Waals surface area contributed by atoms with Crippen LogP contribution in [-0.2, 0) is 20.2 Å². The lowest BCUT2D eigenvalue weighted by Gasteiger charge is -2.14. The third-order valence-corrected chi connectivity index (χ3v) is 4.82. The molecule has 1 rings (SSSR count). The third-order valence-electron chi connectivity index (χ3n) is 2.26. The quantitative estimate of drug-likeness (QED) is 0.514. The van der Waals surface area contributed by atoms with E-state index in [9.17, 15) is 21.9 Å². The fraction of sp³-hybridized carbons (Fsp3) is 1.00. The average molecular weight is 246 g/mol. The van der Waals surface area contributed by atoms with Crippen molar-refractivity contribution >= 4 is 20.2 Å². The van der Waals surface area contributed by atoms with Gasteiger partial charge in [0.1, 0.15) is 10.5 Å². The minimum absolute atomic E-state index is 0.190. The lowest BCUT2D eigenvalue weighted by molar-refractivity contribution is 0.180. The highest BCUT2D eigenvalue weighted by Crippen LogP contribution is 2.29. The number of rotatable bonds is 2. The van der Waals surface area contributed by atoms with E-state index in [0.29, 0.717) is 0 Å². The van der Waals surface area contributed by atoms with Crippen molar-refractivity contribution in [1.82, 2.24) is 0 Å². The van der Waals surface area contributed by atoms with Gasteiger partial charge in [0, 0.05) is 0 Å². The fourth-order valence-corrected chi connectivity index (χ4v) is 3.61. The van der Waals surface area contributed by atoms with Gasteiger partial charge in [-0.25, -0.2) is 0 Å². The number of hydrogen-bond donors (Lipinski definition) is 3. The van der Waals surface area contributed by atoms with Gasteiger partial charge >= 0.3 is 0 Å². The molecular weight excluding hydrogens is 236 g/mol. The van der Waals surface area contributed by atoms with E-state index in [4.69, 9.17) is 9.11 Å². The molecule has 0 amide bonds. The predicted octanol–water partition coefficient (Wildman–Crippen LogP) is -1.35. The Morgan fingerprint density at radius 3 is 1.29 bits per heavy atom. The zero-order valence-corrected chi connectivity index (χ0v) is 8.57. The zero-order valence-electron chi connectivity index (χ0n) is 6.94. The summed E-state index contributed by atoms with van der Waals surface area (Å²) in [5.74, 6) is 0. The van der Waals surface area contributed by atoms with Gasteiger partial charge in [-0.05, 0) is 12.8 Å². The molecule has 1 aliphatic carbocycles. The summed E-state index contributed by atoms with van der Waals surface area (Å²) < 4.78 is 59.8. The summed E-state index contributed by atoms with van der Waals surface area (Å²) in [6.45, 7) is 0. The first-order chi connectivity index (χ1) is 6.14. The van der Waals surface area contributed by atoms with Gasteiger partial charge in [-0.2, -0.15) is 16.8 Å². The van der Waals surface area contributed by atoms with Crippen molar-refractivity contribution in [2.45, 2.75) is 29.4 Å². The van der Waals surface area contributed by atoms with Crippen LogP contribution in [0.15, 0.2) is 0 Å². The molecule has 1 saturated carbocycles. The summed E-state index contributed by atoms with van der Waals surface area (Å²) in [7, 11) is -8.94. The molecule has 0 aliphatic heterocycles. The van der Waals surface area contributed by atoms with Crippen LogP contribution in [0.1, 0.15) is 12.8 Å². The Hall–Kier alpha value is -0.220. The van der Waals surface area contributed by atoms with Crippen LogP contribution in [0.25, 0.3) is 0 Å². The number of hydrogen-bond acceptors (Lipinski definition) is 5. The molecule has 0 aromatic rings. The van der Waals surface area contributed by atoms with Gasteiger partial charge in [0.15, 0.2) is 0 Å². The van der Waals surface area contributed by atoms with E-state index in [-0.39, 0.29) is 12.8 Å². The van der Waals surface area contributed by atoms with Crippen molar-refractivity contribution in [3.05, 3.63) is 0 Å². The molecule has 0 bridgehead atoms. The number of aliphatic hydroxyl groups is 1. The highest BCUT2D eigenvalue weighted by Gasteiger charge is 2.47. The maximum absolute atomic E-state index is 10.6. The van der Waals surface area contributed by atoms with Gasteiger partial charge in [0.2, 0.25) is 0 Å². The van der Waals surface area contributed by atoms with Gasteiger partial charge in [0.05, 0.1) is 6.10 Å². The first-order valence-corrected chi connectivity index (χ1v) is 6.75. The Bertz CT molecular complexity index is 367. The molecule has 84 valence electrons. The molecule has 0 aromatic carbocycles. The van der Waals surface area contributed by atoms with Crippen LogP contribution in [0, 0.1) is 0 Å². The minimum atomic E-state index is -4.47. The van der Waals surface area contributed by atoms with Crippen molar-refractivity contribution in [3.63, 3.8) is 0 Å². The summed E-state index contributed by atoms with van der Waals surface area (Å²) in [4.78, 5) is 0. The predicted molar refractivity (Wildman–Crippen MR) is 45.9 cm³/mol. The van der Waals surface area contributed by atoms with Crippen LogP contribution in [0.4, 0.5) is 0 Å². The second-order valence-corrected chi connectivity index (χ2v) is 6.45. The van der Waals surface area contributed by atoms with Gasteiger partial charge in [-0.1, -0.05) is 0 Å². The molecule has 2 atom stereocenters. The maximum Gasteiger partial charge on any atom is 0.270 e. The lowest BCUT2D eigenvalue weighted by Crippen LogP contribution is -2.38. The van der Waals surface area contributed by atoms with Crippen molar-refractivity contribution < 1.29 is 31.0 Å². The van der Waals surface area contributed by atoms with E-state index in [1.165, 1.54) is 0 Å². The topological polar surface area (TPSA) is 129 Å². The van der Waals surface area contributed by atoms with Gasteiger partial charge in [-0.15, -0.1) is 0 Å². The Kier molecular flexibility index (Phi) is 2.89. The third kappa shape index (κ3) is 2.23. The molecule has 0 radical (unpaired) electrons. The van der Waals surface area contributed by atoms with E-state index in [1.807, 2.05) is 0 Å². The Labute approximate surface area is 81.2 Å². The maximum atomic E-state index is 10.6. The van der Waals surface area contributed by atoms with E-state index in [1.54, 1.807) is 0 Å². The summed E-state index contributed by atoms with van der Waals surface area (Å²) in [5.41, 5.74) is 0. The summed E-state index contributed by atoms with van der Waals surface area (Å²) in [6, 6.07) is 0. The van der Waals surface area contributed by atoms with Crippen LogP contribution in [0.3, 0.4) is 0 Å².